The number of hydrogen-bond donors (Lipinski definition) is 3. The Kier molecular flexibility index (Phi) is 7.00. The van der Waals surface area contributed by atoms with E-state index in [0.717, 1.165) is 0 Å². The predicted octanol–water partition coefficient (Wildman–Crippen LogP) is 2.30. The van der Waals surface area contributed by atoms with E-state index >= 15 is 0 Å². The maximum atomic E-state index is 12.6. The number of sulfonamides is 1. The molecule has 0 radical (unpaired) electrons. The van der Waals surface area contributed by atoms with E-state index in [2.05, 4.69) is 15.6 Å². The number of nitrogens with one attached hydrogen (secondary N) is 3. The van der Waals surface area contributed by atoms with Crippen LogP contribution in [0.3, 0.4) is 0 Å². The van der Waals surface area contributed by atoms with Gasteiger partial charge >= 0.3 is 0 Å². The van der Waals surface area contributed by atoms with Gasteiger partial charge in [-0.3, -0.25) is 25.2 Å². The molecule has 0 saturated heterocycles. The number of ether oxygens (including phenoxy) is 1. The van der Waals surface area contributed by atoms with Gasteiger partial charge in [0.05, 0.1) is 12.0 Å². The van der Waals surface area contributed by atoms with Gasteiger partial charge in [-0.2, -0.15) is 0 Å². The SMILES string of the molecule is CC[C@@H](C)C(=O)NNC(=O)c1cccc(S(=O)(=O)Nc2ccc(OC)cc2)c1. The molecule has 1 atom stereocenters. The van der Waals surface area contributed by atoms with E-state index in [9.17, 15) is 18.0 Å². The van der Waals surface area contributed by atoms with Crippen molar-refractivity contribution in [2.45, 2.75) is 25.2 Å². The predicted molar refractivity (Wildman–Crippen MR) is 105 cm³/mol. The third-order valence-corrected chi connectivity index (χ3v) is 5.49. The number of rotatable bonds is 7. The van der Waals surface area contributed by atoms with Crippen LogP contribution in [-0.2, 0) is 14.8 Å². The zero-order valence-electron chi connectivity index (χ0n) is 15.9. The maximum absolute atomic E-state index is 12.6. The van der Waals surface area contributed by atoms with Crippen molar-refractivity contribution in [3.05, 3.63) is 54.1 Å². The number of hydrazine groups is 1. The number of carbonyl (C=O) groups is 2. The van der Waals surface area contributed by atoms with Crippen molar-refractivity contribution < 1.29 is 22.7 Å². The lowest BCUT2D eigenvalue weighted by Crippen LogP contribution is -2.44. The topological polar surface area (TPSA) is 114 Å². The Labute approximate surface area is 164 Å². The first-order chi connectivity index (χ1) is 13.3. The Hall–Kier alpha value is -3.07. The maximum Gasteiger partial charge on any atom is 0.269 e. The van der Waals surface area contributed by atoms with Crippen LogP contribution in [0.25, 0.3) is 0 Å². The average Bonchev–Trinajstić information content (AvgIpc) is 2.71. The molecule has 28 heavy (non-hydrogen) atoms. The standard InChI is InChI=1S/C19H23N3O5S/c1-4-13(2)18(23)20-21-19(24)14-6-5-7-17(12-14)28(25,26)22-15-8-10-16(27-3)11-9-15/h5-13,22H,4H2,1-3H3,(H,20,23)(H,21,24)/t13-/m1/s1. The Morgan fingerprint density at radius 1 is 1.07 bits per heavy atom. The fraction of sp³-hybridized carbons (Fsp3) is 0.263. The summed E-state index contributed by atoms with van der Waals surface area (Å²) in [5.41, 5.74) is 5.07. The van der Waals surface area contributed by atoms with Crippen molar-refractivity contribution >= 4 is 27.5 Å². The normalized spacial score (nSPS) is 12.0. The summed E-state index contributed by atoms with van der Waals surface area (Å²) in [5, 5.41) is 0. The van der Waals surface area contributed by atoms with Crippen molar-refractivity contribution in [3.63, 3.8) is 0 Å². The highest BCUT2D eigenvalue weighted by atomic mass is 32.2. The molecule has 150 valence electrons. The molecule has 3 N–H and O–H groups in total. The minimum absolute atomic E-state index is 0.0794. The zero-order valence-corrected chi connectivity index (χ0v) is 16.7. The van der Waals surface area contributed by atoms with Gasteiger partial charge in [-0.1, -0.05) is 19.9 Å². The lowest BCUT2D eigenvalue weighted by Gasteiger charge is -2.12. The summed E-state index contributed by atoms with van der Waals surface area (Å²) in [5.74, 6) is -0.583. The summed E-state index contributed by atoms with van der Waals surface area (Å²) in [4.78, 5) is 23.9. The Morgan fingerprint density at radius 2 is 1.75 bits per heavy atom. The molecule has 8 nitrogen and oxygen atoms in total. The van der Waals surface area contributed by atoms with Crippen molar-refractivity contribution in [2.24, 2.45) is 5.92 Å². The number of benzene rings is 2. The second kappa shape index (κ2) is 9.23. The smallest absolute Gasteiger partial charge is 0.269 e. The highest BCUT2D eigenvalue weighted by Gasteiger charge is 2.17. The molecule has 2 rings (SSSR count). The third kappa shape index (κ3) is 5.46. The zero-order chi connectivity index (χ0) is 20.7. The molecule has 0 fully saturated rings. The van der Waals surface area contributed by atoms with Crippen LogP contribution in [-0.4, -0.2) is 27.3 Å². The van der Waals surface area contributed by atoms with Crippen LogP contribution in [0.15, 0.2) is 53.4 Å². The first kappa shape index (κ1) is 21.2. The number of carbonyl (C=O) groups excluding carboxylic acids is 2. The van der Waals surface area contributed by atoms with Gasteiger partial charge in [0.2, 0.25) is 5.91 Å². The van der Waals surface area contributed by atoms with Gasteiger partial charge in [-0.05, 0) is 48.9 Å². The molecule has 2 aromatic carbocycles. The van der Waals surface area contributed by atoms with Crippen LogP contribution in [0.5, 0.6) is 5.75 Å². The van der Waals surface area contributed by atoms with E-state index in [1.807, 2.05) is 6.92 Å². The molecule has 2 amide bonds. The van der Waals surface area contributed by atoms with Crippen molar-refractivity contribution in [1.29, 1.82) is 0 Å². The number of methoxy groups -OCH3 is 1. The van der Waals surface area contributed by atoms with Gasteiger partial charge in [0.25, 0.3) is 15.9 Å². The highest BCUT2D eigenvalue weighted by molar-refractivity contribution is 7.92. The summed E-state index contributed by atoms with van der Waals surface area (Å²) < 4.78 is 32.6. The molecule has 0 saturated carbocycles. The van der Waals surface area contributed by atoms with Crippen LogP contribution in [0.4, 0.5) is 5.69 Å². The first-order valence-corrected chi connectivity index (χ1v) is 10.1. The summed E-state index contributed by atoms with van der Waals surface area (Å²) in [6, 6.07) is 11.9. The van der Waals surface area contributed by atoms with E-state index in [1.165, 1.54) is 31.4 Å². The summed E-state index contributed by atoms with van der Waals surface area (Å²) in [7, 11) is -2.38. The van der Waals surface area contributed by atoms with Gasteiger partial charge in [0, 0.05) is 17.2 Å². The lowest BCUT2D eigenvalue weighted by atomic mass is 10.1. The number of hydrogen-bond acceptors (Lipinski definition) is 5. The Bertz CT molecular complexity index is 942. The average molecular weight is 405 g/mol. The summed E-state index contributed by atoms with van der Waals surface area (Å²) in [6.45, 7) is 3.59. The third-order valence-electron chi connectivity index (χ3n) is 4.11. The second-order valence-electron chi connectivity index (χ2n) is 6.11. The van der Waals surface area contributed by atoms with Crippen LogP contribution in [0, 0.1) is 5.92 Å². The van der Waals surface area contributed by atoms with E-state index < -0.39 is 15.9 Å². The molecule has 0 aliphatic rings. The van der Waals surface area contributed by atoms with Gasteiger partial charge in [0.15, 0.2) is 0 Å². The number of amides is 2. The molecule has 9 heteroatoms. The molecule has 0 bridgehead atoms. The lowest BCUT2D eigenvalue weighted by molar-refractivity contribution is -0.125. The minimum Gasteiger partial charge on any atom is -0.497 e. The Balaban J connectivity index is 2.11. The van der Waals surface area contributed by atoms with Gasteiger partial charge < -0.3 is 4.74 Å². The first-order valence-electron chi connectivity index (χ1n) is 8.64. The van der Waals surface area contributed by atoms with Crippen LogP contribution in [0.2, 0.25) is 0 Å². The quantitative estimate of drug-likeness (QED) is 0.612. The second-order valence-corrected chi connectivity index (χ2v) is 7.80. The summed E-state index contributed by atoms with van der Waals surface area (Å²) >= 11 is 0. The van der Waals surface area contributed by atoms with Crippen molar-refractivity contribution in [1.82, 2.24) is 10.9 Å². The molecule has 0 aromatic heterocycles. The minimum atomic E-state index is -3.90. The van der Waals surface area contributed by atoms with E-state index in [4.69, 9.17) is 4.74 Å². The molecule has 0 unspecified atom stereocenters. The van der Waals surface area contributed by atoms with Crippen LogP contribution < -0.4 is 20.3 Å². The van der Waals surface area contributed by atoms with Crippen molar-refractivity contribution in [3.8, 4) is 5.75 Å². The molecular weight excluding hydrogens is 382 g/mol. The molecule has 0 spiro atoms. The van der Waals surface area contributed by atoms with E-state index in [-0.39, 0.29) is 22.3 Å². The van der Waals surface area contributed by atoms with Gasteiger partial charge in [0.1, 0.15) is 5.75 Å². The molecule has 0 aliphatic heterocycles. The Morgan fingerprint density at radius 3 is 2.36 bits per heavy atom. The highest BCUT2D eigenvalue weighted by Crippen LogP contribution is 2.20. The van der Waals surface area contributed by atoms with Crippen LogP contribution >= 0.6 is 0 Å². The molecule has 0 heterocycles. The van der Waals surface area contributed by atoms with E-state index in [0.29, 0.717) is 17.9 Å². The fourth-order valence-electron chi connectivity index (χ4n) is 2.18. The van der Waals surface area contributed by atoms with E-state index in [1.54, 1.807) is 31.2 Å². The summed E-state index contributed by atoms with van der Waals surface area (Å²) in [6.07, 6.45) is 0.631. The van der Waals surface area contributed by atoms with Crippen LogP contribution in [0.1, 0.15) is 30.6 Å². The largest absolute Gasteiger partial charge is 0.497 e. The fourth-order valence-corrected chi connectivity index (χ4v) is 3.28. The van der Waals surface area contributed by atoms with Gasteiger partial charge in [-0.25, -0.2) is 8.42 Å². The van der Waals surface area contributed by atoms with Crippen molar-refractivity contribution in [2.75, 3.05) is 11.8 Å². The molecule has 2 aromatic rings. The number of anilines is 1. The monoisotopic (exact) mass is 405 g/mol. The van der Waals surface area contributed by atoms with Gasteiger partial charge in [-0.15, -0.1) is 0 Å². The molecular formula is C19H23N3O5S. The molecule has 0 aliphatic carbocycles.